The standard InChI is InChI=1S/C10H5BrO7/c11-3-4(12)1-2(5(13)8(3)16)7(15)10(18)9(17)6(1)14/h12-13,15-16,18H. The number of phenols is 3. The maximum atomic E-state index is 11.6. The first kappa shape index (κ1) is 12.2. The molecule has 94 valence electrons. The van der Waals surface area contributed by atoms with E-state index in [1.165, 1.54) is 0 Å². The molecule has 0 saturated carbocycles. The number of fused-ring (bicyclic) bond motifs is 1. The molecule has 7 nitrogen and oxygen atoms in total. The Kier molecular flexibility index (Phi) is 2.47. The van der Waals surface area contributed by atoms with Crippen LogP contribution in [-0.2, 0) is 4.79 Å². The largest absolute Gasteiger partial charge is 0.506 e. The van der Waals surface area contributed by atoms with Crippen LogP contribution in [0.25, 0.3) is 5.76 Å². The second-order valence-electron chi connectivity index (χ2n) is 3.47. The van der Waals surface area contributed by atoms with Crippen LogP contribution in [0.15, 0.2) is 10.2 Å². The van der Waals surface area contributed by atoms with Gasteiger partial charge in [-0.2, -0.15) is 0 Å². The highest BCUT2D eigenvalue weighted by atomic mass is 79.9. The molecule has 0 heterocycles. The molecular weight excluding hydrogens is 312 g/mol. The van der Waals surface area contributed by atoms with E-state index >= 15 is 0 Å². The van der Waals surface area contributed by atoms with Crippen molar-refractivity contribution in [2.45, 2.75) is 0 Å². The summed E-state index contributed by atoms with van der Waals surface area (Å²) in [6.07, 6.45) is 0. The number of hydrogen-bond donors (Lipinski definition) is 5. The van der Waals surface area contributed by atoms with Crippen LogP contribution in [-0.4, -0.2) is 37.1 Å². The Morgan fingerprint density at radius 3 is 1.78 bits per heavy atom. The minimum atomic E-state index is -1.42. The quantitative estimate of drug-likeness (QED) is 0.275. The lowest BCUT2D eigenvalue weighted by atomic mass is 9.90. The third kappa shape index (κ3) is 1.29. The maximum Gasteiger partial charge on any atom is 0.271 e. The van der Waals surface area contributed by atoms with E-state index in [-0.39, 0.29) is 0 Å². The Bertz CT molecular complexity index is 644. The summed E-state index contributed by atoms with van der Waals surface area (Å²) in [5.74, 6) is -7.69. The minimum absolute atomic E-state index is 0.408. The summed E-state index contributed by atoms with van der Waals surface area (Å²) in [4.78, 5) is 22.9. The molecule has 0 radical (unpaired) electrons. The molecule has 0 spiro atoms. The lowest BCUT2D eigenvalue weighted by molar-refractivity contribution is -0.114. The first-order valence-corrected chi connectivity index (χ1v) is 5.26. The van der Waals surface area contributed by atoms with Gasteiger partial charge in [0.25, 0.3) is 5.78 Å². The summed E-state index contributed by atoms with van der Waals surface area (Å²) in [7, 11) is 0. The molecule has 1 aliphatic rings. The lowest BCUT2D eigenvalue weighted by Crippen LogP contribution is -2.24. The normalized spacial score (nSPS) is 14.9. The fourth-order valence-electron chi connectivity index (χ4n) is 1.58. The summed E-state index contributed by atoms with van der Waals surface area (Å²) >= 11 is 2.71. The Morgan fingerprint density at radius 2 is 1.22 bits per heavy atom. The van der Waals surface area contributed by atoms with Gasteiger partial charge in [-0.15, -0.1) is 0 Å². The average molecular weight is 317 g/mol. The molecule has 18 heavy (non-hydrogen) atoms. The summed E-state index contributed by atoms with van der Waals surface area (Å²) in [5.41, 5.74) is -1.40. The summed E-state index contributed by atoms with van der Waals surface area (Å²) < 4.78 is -0.408. The van der Waals surface area contributed by atoms with Crippen molar-refractivity contribution >= 4 is 33.3 Å². The van der Waals surface area contributed by atoms with Gasteiger partial charge in [0.1, 0.15) is 10.2 Å². The topological polar surface area (TPSA) is 135 Å². The number of hydrogen-bond acceptors (Lipinski definition) is 7. The van der Waals surface area contributed by atoms with Crippen molar-refractivity contribution in [3.8, 4) is 17.2 Å². The van der Waals surface area contributed by atoms with E-state index in [0.29, 0.717) is 0 Å². The number of carbonyl (C=O) groups excluding carboxylic acids is 2. The molecule has 0 fully saturated rings. The number of benzene rings is 1. The van der Waals surface area contributed by atoms with Gasteiger partial charge in [0.2, 0.25) is 11.5 Å². The smallest absolute Gasteiger partial charge is 0.271 e. The van der Waals surface area contributed by atoms with Gasteiger partial charge in [-0.3, -0.25) is 9.59 Å². The van der Waals surface area contributed by atoms with E-state index in [0.717, 1.165) is 0 Å². The van der Waals surface area contributed by atoms with Crippen LogP contribution < -0.4 is 0 Å². The zero-order valence-corrected chi connectivity index (χ0v) is 10.0. The fraction of sp³-hybridized carbons (Fsp3) is 0. The van der Waals surface area contributed by atoms with Crippen LogP contribution in [0.5, 0.6) is 17.2 Å². The molecule has 1 aromatic rings. The highest BCUT2D eigenvalue weighted by molar-refractivity contribution is 9.10. The molecule has 1 aromatic carbocycles. The van der Waals surface area contributed by atoms with Crippen LogP contribution >= 0.6 is 15.9 Å². The third-order valence-corrected chi connectivity index (χ3v) is 3.22. The molecule has 0 aliphatic heterocycles. The predicted octanol–water partition coefficient (Wildman–Crippen LogP) is 1.12. The van der Waals surface area contributed by atoms with Crippen LogP contribution in [0, 0.1) is 0 Å². The average Bonchev–Trinajstić information content (AvgIpc) is 2.35. The van der Waals surface area contributed by atoms with E-state index in [4.69, 9.17) is 0 Å². The highest BCUT2D eigenvalue weighted by Gasteiger charge is 2.39. The summed E-state index contributed by atoms with van der Waals surface area (Å²) in [6, 6.07) is 0. The number of rotatable bonds is 0. The first-order chi connectivity index (χ1) is 8.29. The summed E-state index contributed by atoms with van der Waals surface area (Å²) in [5, 5.41) is 47.4. The van der Waals surface area contributed by atoms with Gasteiger partial charge in [-0.05, 0) is 15.9 Å². The van der Waals surface area contributed by atoms with Crippen molar-refractivity contribution in [1.29, 1.82) is 0 Å². The van der Waals surface area contributed by atoms with Crippen LogP contribution in [0.1, 0.15) is 15.9 Å². The summed E-state index contributed by atoms with van der Waals surface area (Å²) in [6.45, 7) is 0. The molecule has 0 unspecified atom stereocenters. The van der Waals surface area contributed by atoms with Crippen molar-refractivity contribution in [2.75, 3.05) is 0 Å². The molecule has 5 N–H and O–H groups in total. The number of carbonyl (C=O) groups is 2. The molecule has 8 heteroatoms. The third-order valence-electron chi connectivity index (χ3n) is 2.47. The van der Waals surface area contributed by atoms with Crippen molar-refractivity contribution in [3.63, 3.8) is 0 Å². The number of ketones is 2. The predicted molar refractivity (Wildman–Crippen MR) is 60.7 cm³/mol. The van der Waals surface area contributed by atoms with E-state index in [2.05, 4.69) is 15.9 Å². The van der Waals surface area contributed by atoms with Crippen LogP contribution in [0.4, 0.5) is 0 Å². The SMILES string of the molecule is O=C1C(=O)c2c(O)c(Br)c(O)c(O)c2C(O)=C1O. The van der Waals surface area contributed by atoms with E-state index in [1.807, 2.05) is 0 Å². The lowest BCUT2D eigenvalue weighted by Gasteiger charge is -2.18. The minimum Gasteiger partial charge on any atom is -0.506 e. The van der Waals surface area contributed by atoms with Gasteiger partial charge in [0.05, 0.1) is 11.1 Å². The number of phenolic OH excluding ortho intramolecular Hbond substituents is 3. The van der Waals surface area contributed by atoms with Crippen LogP contribution in [0.3, 0.4) is 0 Å². The fourth-order valence-corrected chi connectivity index (χ4v) is 1.97. The Morgan fingerprint density at radius 1 is 0.667 bits per heavy atom. The second kappa shape index (κ2) is 3.64. The monoisotopic (exact) mass is 316 g/mol. The zero-order valence-electron chi connectivity index (χ0n) is 8.43. The Hall–Kier alpha value is -2.22. The molecule has 0 bridgehead atoms. The molecule has 0 aromatic heterocycles. The number of allylic oxidation sites excluding steroid dienone is 1. The van der Waals surface area contributed by atoms with Gasteiger partial charge < -0.3 is 25.5 Å². The van der Waals surface area contributed by atoms with E-state index in [9.17, 15) is 35.1 Å². The van der Waals surface area contributed by atoms with Crippen molar-refractivity contribution in [1.82, 2.24) is 0 Å². The molecule has 0 atom stereocenters. The Balaban J connectivity index is 3.01. The van der Waals surface area contributed by atoms with Gasteiger partial charge >= 0.3 is 0 Å². The molecular formula is C10H5BrO7. The van der Waals surface area contributed by atoms with Gasteiger partial charge in [-0.1, -0.05) is 0 Å². The molecule has 0 saturated heterocycles. The molecule has 0 amide bonds. The van der Waals surface area contributed by atoms with Crippen molar-refractivity contribution < 1.29 is 35.1 Å². The van der Waals surface area contributed by atoms with Gasteiger partial charge in [0.15, 0.2) is 17.3 Å². The first-order valence-electron chi connectivity index (χ1n) is 4.47. The van der Waals surface area contributed by atoms with Crippen LogP contribution in [0.2, 0.25) is 0 Å². The van der Waals surface area contributed by atoms with Gasteiger partial charge in [0, 0.05) is 0 Å². The Labute approximate surface area is 107 Å². The number of aromatic hydroxyl groups is 3. The molecule has 1 aliphatic carbocycles. The van der Waals surface area contributed by atoms with E-state index < -0.39 is 55.9 Å². The van der Waals surface area contributed by atoms with E-state index in [1.54, 1.807) is 0 Å². The number of aliphatic hydroxyl groups excluding tert-OH is 2. The number of aliphatic hydroxyl groups is 2. The van der Waals surface area contributed by atoms with Crippen molar-refractivity contribution in [2.24, 2.45) is 0 Å². The molecule has 2 rings (SSSR count). The maximum absolute atomic E-state index is 11.6. The number of Topliss-reactive ketones (excluding diaryl/α,β-unsaturated/α-hetero) is 2. The number of halogens is 1. The van der Waals surface area contributed by atoms with Gasteiger partial charge in [-0.25, -0.2) is 0 Å². The highest BCUT2D eigenvalue weighted by Crippen LogP contribution is 2.49. The second-order valence-corrected chi connectivity index (χ2v) is 4.26. The van der Waals surface area contributed by atoms with Crippen molar-refractivity contribution in [3.05, 3.63) is 21.4 Å². The zero-order chi connectivity index (χ0) is 13.8.